The van der Waals surface area contributed by atoms with Crippen molar-refractivity contribution in [1.82, 2.24) is 10.6 Å². The Morgan fingerprint density at radius 2 is 1.95 bits per heavy atom. The van der Waals surface area contributed by atoms with Gasteiger partial charge in [0.1, 0.15) is 5.75 Å². The molecule has 0 heterocycles. The monoisotopic (exact) mass is 286 g/mol. The average molecular weight is 287 g/mol. The summed E-state index contributed by atoms with van der Waals surface area (Å²) in [6.07, 6.45) is 0.406. The van der Waals surface area contributed by atoms with E-state index in [0.717, 1.165) is 11.3 Å². The van der Waals surface area contributed by atoms with Gasteiger partial charge < -0.3 is 15.4 Å². The average Bonchev–Trinajstić information content (AvgIpc) is 2.38. The third-order valence-corrected chi connectivity index (χ3v) is 2.70. The molecule has 1 unspecified atom stereocenters. The van der Waals surface area contributed by atoms with Crippen LogP contribution in [0.5, 0.6) is 5.75 Å². The predicted molar refractivity (Wildman–Crippen MR) is 80.1 cm³/mol. The number of benzene rings is 1. The molecule has 0 saturated heterocycles. The summed E-state index contributed by atoms with van der Waals surface area (Å²) in [6, 6.07) is 7.91. The van der Waals surface area contributed by atoms with E-state index in [1.165, 1.54) is 0 Å². The molecule has 0 aliphatic heterocycles. The zero-order valence-corrected chi connectivity index (χ0v) is 12.5. The quantitative estimate of drug-likeness (QED) is 0.803. The Labute approximate surface area is 121 Å². The van der Waals surface area contributed by atoms with Crippen LogP contribution in [0.15, 0.2) is 24.3 Å². The van der Waals surface area contributed by atoms with Crippen molar-refractivity contribution in [2.24, 2.45) is 0 Å². The first-order chi connectivity index (χ1) is 8.65. The summed E-state index contributed by atoms with van der Waals surface area (Å²) in [7, 11) is 1.88. The molecular formula is C14H23ClN2O2. The lowest BCUT2D eigenvalue weighted by Gasteiger charge is -2.11. The first-order valence-electron chi connectivity index (χ1n) is 6.31. The van der Waals surface area contributed by atoms with E-state index in [1.807, 2.05) is 45.2 Å². The standard InChI is InChI=1S/C14H22N2O2.ClH/c1-4-18-13-7-5-12(6-8-13)9-14(17)16-10-11(2)15-3;/h5-8,11,15H,4,9-10H2,1-3H3,(H,16,17);1H. The van der Waals surface area contributed by atoms with E-state index in [0.29, 0.717) is 19.6 Å². The molecule has 0 aliphatic rings. The minimum absolute atomic E-state index is 0. The molecule has 2 N–H and O–H groups in total. The number of carbonyl (C=O) groups is 1. The van der Waals surface area contributed by atoms with Crippen molar-refractivity contribution >= 4 is 18.3 Å². The van der Waals surface area contributed by atoms with E-state index < -0.39 is 0 Å². The second-order valence-corrected chi connectivity index (χ2v) is 4.25. The molecule has 1 rings (SSSR count). The van der Waals surface area contributed by atoms with E-state index in [9.17, 15) is 4.79 Å². The van der Waals surface area contributed by atoms with Crippen LogP contribution in [0, 0.1) is 0 Å². The van der Waals surface area contributed by atoms with Gasteiger partial charge in [0.15, 0.2) is 0 Å². The maximum Gasteiger partial charge on any atom is 0.224 e. The van der Waals surface area contributed by atoms with Gasteiger partial charge in [-0.15, -0.1) is 12.4 Å². The van der Waals surface area contributed by atoms with Gasteiger partial charge in [-0.25, -0.2) is 0 Å². The number of hydrogen-bond donors (Lipinski definition) is 2. The van der Waals surface area contributed by atoms with Crippen molar-refractivity contribution in [3.05, 3.63) is 29.8 Å². The molecular weight excluding hydrogens is 264 g/mol. The number of amides is 1. The van der Waals surface area contributed by atoms with Gasteiger partial charge >= 0.3 is 0 Å². The van der Waals surface area contributed by atoms with E-state index in [1.54, 1.807) is 0 Å². The van der Waals surface area contributed by atoms with Gasteiger partial charge in [0.05, 0.1) is 13.0 Å². The van der Waals surface area contributed by atoms with Crippen molar-refractivity contribution in [2.45, 2.75) is 26.3 Å². The third-order valence-electron chi connectivity index (χ3n) is 2.70. The molecule has 0 saturated carbocycles. The first-order valence-corrected chi connectivity index (χ1v) is 6.31. The lowest BCUT2D eigenvalue weighted by molar-refractivity contribution is -0.120. The minimum Gasteiger partial charge on any atom is -0.494 e. The Morgan fingerprint density at radius 3 is 2.47 bits per heavy atom. The molecule has 0 spiro atoms. The summed E-state index contributed by atoms with van der Waals surface area (Å²) >= 11 is 0. The molecule has 1 amide bonds. The Balaban J connectivity index is 0.00000324. The van der Waals surface area contributed by atoms with Crippen LogP contribution in [0.2, 0.25) is 0 Å². The smallest absolute Gasteiger partial charge is 0.224 e. The fourth-order valence-corrected chi connectivity index (χ4v) is 1.49. The molecule has 1 aromatic carbocycles. The van der Waals surface area contributed by atoms with Crippen LogP contribution < -0.4 is 15.4 Å². The maximum absolute atomic E-state index is 11.7. The highest BCUT2D eigenvalue weighted by Gasteiger charge is 2.05. The van der Waals surface area contributed by atoms with E-state index in [2.05, 4.69) is 10.6 Å². The summed E-state index contributed by atoms with van der Waals surface area (Å²) in [6.45, 7) is 5.27. The normalized spacial score (nSPS) is 11.3. The van der Waals surface area contributed by atoms with E-state index in [-0.39, 0.29) is 24.4 Å². The Hall–Kier alpha value is -1.26. The molecule has 0 fully saturated rings. The topological polar surface area (TPSA) is 50.4 Å². The molecule has 1 aromatic rings. The zero-order chi connectivity index (χ0) is 13.4. The first kappa shape index (κ1) is 17.7. The fraction of sp³-hybridized carbons (Fsp3) is 0.500. The van der Waals surface area contributed by atoms with Gasteiger partial charge in [-0.05, 0) is 38.6 Å². The van der Waals surface area contributed by atoms with Crippen LogP contribution in [0.1, 0.15) is 19.4 Å². The third kappa shape index (κ3) is 7.03. The molecule has 0 aliphatic carbocycles. The van der Waals surface area contributed by atoms with Crippen molar-refractivity contribution < 1.29 is 9.53 Å². The van der Waals surface area contributed by atoms with Crippen LogP contribution in [0.3, 0.4) is 0 Å². The molecule has 108 valence electrons. The van der Waals surface area contributed by atoms with Crippen molar-refractivity contribution in [3.8, 4) is 5.75 Å². The van der Waals surface area contributed by atoms with Gasteiger partial charge in [-0.1, -0.05) is 12.1 Å². The van der Waals surface area contributed by atoms with Gasteiger partial charge in [0, 0.05) is 12.6 Å². The molecule has 4 nitrogen and oxygen atoms in total. The Bertz CT molecular complexity index is 368. The molecule has 0 bridgehead atoms. The summed E-state index contributed by atoms with van der Waals surface area (Å²) < 4.78 is 5.35. The molecule has 5 heteroatoms. The highest BCUT2D eigenvalue weighted by Crippen LogP contribution is 2.12. The highest BCUT2D eigenvalue weighted by atomic mass is 35.5. The van der Waals surface area contributed by atoms with Crippen LogP contribution in [0.4, 0.5) is 0 Å². The van der Waals surface area contributed by atoms with Crippen LogP contribution in [-0.2, 0) is 11.2 Å². The number of hydrogen-bond acceptors (Lipinski definition) is 3. The largest absolute Gasteiger partial charge is 0.494 e. The number of likely N-dealkylation sites (N-methyl/N-ethyl adjacent to an activating group) is 1. The minimum atomic E-state index is 0. The van der Waals surface area contributed by atoms with Gasteiger partial charge in [0.2, 0.25) is 5.91 Å². The van der Waals surface area contributed by atoms with E-state index in [4.69, 9.17) is 4.74 Å². The highest BCUT2D eigenvalue weighted by molar-refractivity contribution is 5.85. The Kier molecular flexibility index (Phi) is 9.00. The van der Waals surface area contributed by atoms with Gasteiger partial charge in [-0.2, -0.15) is 0 Å². The second kappa shape index (κ2) is 9.64. The van der Waals surface area contributed by atoms with Crippen molar-refractivity contribution in [1.29, 1.82) is 0 Å². The Morgan fingerprint density at radius 1 is 1.32 bits per heavy atom. The molecule has 0 aromatic heterocycles. The maximum atomic E-state index is 11.7. The van der Waals surface area contributed by atoms with Gasteiger partial charge in [0.25, 0.3) is 0 Å². The summed E-state index contributed by atoms with van der Waals surface area (Å²) in [5, 5.41) is 5.96. The van der Waals surface area contributed by atoms with Crippen LogP contribution in [-0.4, -0.2) is 32.1 Å². The number of ether oxygens (including phenoxy) is 1. The lowest BCUT2D eigenvalue weighted by Crippen LogP contribution is -2.37. The number of halogens is 1. The second-order valence-electron chi connectivity index (χ2n) is 4.25. The van der Waals surface area contributed by atoms with E-state index >= 15 is 0 Å². The molecule has 0 radical (unpaired) electrons. The van der Waals surface area contributed by atoms with Crippen LogP contribution >= 0.6 is 12.4 Å². The molecule has 19 heavy (non-hydrogen) atoms. The lowest BCUT2D eigenvalue weighted by atomic mass is 10.1. The summed E-state index contributed by atoms with van der Waals surface area (Å²) in [4.78, 5) is 11.7. The number of carbonyl (C=O) groups excluding carboxylic acids is 1. The van der Waals surface area contributed by atoms with Crippen molar-refractivity contribution in [3.63, 3.8) is 0 Å². The van der Waals surface area contributed by atoms with Crippen LogP contribution in [0.25, 0.3) is 0 Å². The zero-order valence-electron chi connectivity index (χ0n) is 11.7. The fourth-order valence-electron chi connectivity index (χ4n) is 1.49. The van der Waals surface area contributed by atoms with Gasteiger partial charge in [-0.3, -0.25) is 4.79 Å². The van der Waals surface area contributed by atoms with Crippen molar-refractivity contribution in [2.75, 3.05) is 20.2 Å². The molecule has 1 atom stereocenters. The predicted octanol–water partition coefficient (Wildman–Crippen LogP) is 1.77. The number of rotatable bonds is 7. The summed E-state index contributed by atoms with van der Waals surface area (Å²) in [5.74, 6) is 0.881. The summed E-state index contributed by atoms with van der Waals surface area (Å²) in [5.41, 5.74) is 0.994. The SMILES string of the molecule is CCOc1ccc(CC(=O)NCC(C)NC)cc1.Cl. The number of nitrogens with one attached hydrogen (secondary N) is 2.